The van der Waals surface area contributed by atoms with Gasteiger partial charge in [-0.15, -0.1) is 10.2 Å². The summed E-state index contributed by atoms with van der Waals surface area (Å²) in [6.45, 7) is 3.72. The number of aromatic nitrogens is 3. The van der Waals surface area contributed by atoms with Crippen LogP contribution >= 0.6 is 22.7 Å². The van der Waals surface area contributed by atoms with Gasteiger partial charge in [0.05, 0.1) is 0 Å². The van der Waals surface area contributed by atoms with Crippen LogP contribution in [-0.2, 0) is 32.5 Å². The fourth-order valence-electron chi connectivity index (χ4n) is 6.07. The predicted molar refractivity (Wildman–Crippen MR) is 194 cm³/mol. The monoisotopic (exact) mass is 726 g/mol. The third-order valence-electron chi connectivity index (χ3n) is 8.52. The first-order chi connectivity index (χ1) is 23.9. The Hall–Kier alpha value is -5.18. The van der Waals surface area contributed by atoms with Gasteiger partial charge in [0.2, 0.25) is 5.91 Å². The molecule has 0 aliphatic heterocycles. The minimum Gasteiger partial charge on any atom is -0.368 e. The number of para-hydroxylation sites is 1. The molecular formula is C36H34N6O5S3. The number of nitrogens with two attached hydrogens (primary N) is 1. The second-order valence-corrected chi connectivity index (χ2v) is 15.6. The van der Waals surface area contributed by atoms with Crippen LogP contribution in [0.4, 0.5) is 0 Å². The van der Waals surface area contributed by atoms with Crippen molar-refractivity contribution in [1.82, 2.24) is 24.4 Å². The number of carbonyl (C=O) groups is 3. The number of aryl methyl sites for hydroxylation is 2. The maximum Gasteiger partial charge on any atom is 0.296 e. The number of benzene rings is 3. The van der Waals surface area contributed by atoms with E-state index < -0.39 is 44.2 Å². The average Bonchev–Trinajstić information content (AvgIpc) is 3.89. The lowest BCUT2D eigenvalue weighted by atomic mass is 9.99. The van der Waals surface area contributed by atoms with Crippen LogP contribution in [0.1, 0.15) is 32.6 Å². The lowest BCUT2D eigenvalue weighted by Crippen LogP contribution is -2.58. The molecule has 3 aromatic heterocycles. The zero-order valence-corrected chi connectivity index (χ0v) is 29.9. The molecule has 0 aliphatic rings. The standard InChI is InChI=1S/C36H34N6O5S3/c1-22-14-23(2)16-27(15-22)34(44)41(3)32(17-24-8-10-25(11-9-24)26-12-13-48-20-26)35(45)42(50(46,47)36-40-39-21-49-36)31(33(37)43)18-28-19-38-30-7-5-4-6-29(28)30/h4-16,19-21,31-32,38H,17-18H2,1-3H3,(H2,37,43)/t31-,32+/m0/s1. The minimum atomic E-state index is -4.79. The predicted octanol–water partition coefficient (Wildman–Crippen LogP) is 5.36. The molecule has 50 heavy (non-hydrogen) atoms. The first-order valence-electron chi connectivity index (χ1n) is 15.6. The summed E-state index contributed by atoms with van der Waals surface area (Å²) in [5, 5.41) is 12.2. The molecule has 3 aromatic carbocycles. The van der Waals surface area contributed by atoms with Gasteiger partial charge in [0.15, 0.2) is 0 Å². The van der Waals surface area contributed by atoms with Crippen molar-refractivity contribution in [1.29, 1.82) is 0 Å². The lowest BCUT2D eigenvalue weighted by molar-refractivity contribution is -0.137. The van der Waals surface area contributed by atoms with Gasteiger partial charge in [-0.1, -0.05) is 71.0 Å². The van der Waals surface area contributed by atoms with Gasteiger partial charge in [-0.3, -0.25) is 14.4 Å². The molecule has 0 aliphatic carbocycles. The van der Waals surface area contributed by atoms with E-state index in [2.05, 4.69) is 15.2 Å². The third kappa shape index (κ3) is 7.08. The first-order valence-corrected chi connectivity index (χ1v) is 18.9. The number of primary amides is 1. The molecule has 6 aromatic rings. The summed E-state index contributed by atoms with van der Waals surface area (Å²) in [6.07, 6.45) is 1.37. The average molecular weight is 727 g/mol. The molecule has 0 bridgehead atoms. The Morgan fingerprint density at radius 1 is 0.920 bits per heavy atom. The van der Waals surface area contributed by atoms with Gasteiger partial charge in [-0.25, -0.2) is 4.31 Å². The molecule has 6 rings (SSSR count). The van der Waals surface area contributed by atoms with Gasteiger partial charge >= 0.3 is 0 Å². The van der Waals surface area contributed by atoms with Crippen LogP contribution in [0.25, 0.3) is 22.0 Å². The molecule has 0 saturated carbocycles. The minimum absolute atomic E-state index is 0.0590. The van der Waals surface area contributed by atoms with E-state index >= 15 is 0 Å². The van der Waals surface area contributed by atoms with Crippen molar-refractivity contribution in [3.63, 3.8) is 0 Å². The topological polar surface area (TPSA) is 159 Å². The second kappa shape index (κ2) is 14.4. The van der Waals surface area contributed by atoms with E-state index in [0.717, 1.165) is 33.2 Å². The van der Waals surface area contributed by atoms with Gasteiger partial charge < -0.3 is 15.6 Å². The number of amides is 3. The molecule has 0 fully saturated rings. The number of nitrogens with zero attached hydrogens (tertiary/aromatic N) is 4. The summed E-state index contributed by atoms with van der Waals surface area (Å²) in [4.78, 5) is 46.7. The van der Waals surface area contributed by atoms with Crippen LogP contribution in [0.5, 0.6) is 0 Å². The van der Waals surface area contributed by atoms with Gasteiger partial charge in [0.25, 0.3) is 26.2 Å². The van der Waals surface area contributed by atoms with Crippen molar-refractivity contribution in [3.05, 3.63) is 123 Å². The van der Waals surface area contributed by atoms with Crippen molar-refractivity contribution >= 4 is 61.3 Å². The number of nitrogens with one attached hydrogen (secondary N) is 1. The van der Waals surface area contributed by atoms with Gasteiger partial charge in [-0.05, 0) is 71.1 Å². The van der Waals surface area contributed by atoms with Crippen LogP contribution < -0.4 is 5.73 Å². The number of rotatable bonds is 12. The number of thiophene rings is 1. The van der Waals surface area contributed by atoms with Crippen molar-refractivity contribution in [3.8, 4) is 11.1 Å². The summed E-state index contributed by atoms with van der Waals surface area (Å²) in [6, 6.07) is 19.1. The van der Waals surface area contributed by atoms with E-state index in [1.54, 1.807) is 29.7 Å². The summed E-state index contributed by atoms with van der Waals surface area (Å²) in [5.41, 5.74) is 13.2. The van der Waals surface area contributed by atoms with E-state index in [9.17, 15) is 22.8 Å². The van der Waals surface area contributed by atoms with Crippen LogP contribution in [0.3, 0.4) is 0 Å². The zero-order chi connectivity index (χ0) is 35.6. The Morgan fingerprint density at radius 3 is 2.28 bits per heavy atom. The number of hydrogen-bond acceptors (Lipinski definition) is 9. The number of carbonyl (C=O) groups excluding carboxylic acids is 3. The van der Waals surface area contributed by atoms with E-state index in [1.807, 2.05) is 85.3 Å². The summed E-state index contributed by atoms with van der Waals surface area (Å²) < 4.78 is 28.7. The molecular weight excluding hydrogens is 693 g/mol. The molecule has 11 nitrogen and oxygen atoms in total. The molecule has 0 radical (unpaired) electrons. The van der Waals surface area contributed by atoms with Crippen LogP contribution in [0.2, 0.25) is 0 Å². The zero-order valence-electron chi connectivity index (χ0n) is 27.4. The van der Waals surface area contributed by atoms with Crippen molar-refractivity contribution < 1.29 is 22.8 Å². The molecule has 3 amide bonds. The Kier molecular flexibility index (Phi) is 9.95. The molecule has 0 spiro atoms. The highest BCUT2D eigenvalue weighted by molar-refractivity contribution is 7.91. The lowest BCUT2D eigenvalue weighted by Gasteiger charge is -2.35. The third-order valence-corrected chi connectivity index (χ3v) is 12.1. The normalized spacial score (nSPS) is 12.8. The number of H-pyrrole nitrogens is 1. The SMILES string of the molecule is Cc1cc(C)cc(C(=O)N(C)[C@H](Cc2ccc(-c3ccsc3)cc2)C(=O)N([C@@H](Cc2c[nH]c3ccccc23)C(N)=O)S(=O)(=O)c2nncs2)c1. The van der Waals surface area contributed by atoms with Crippen LogP contribution in [0.15, 0.2) is 99.6 Å². The quantitative estimate of drug-likeness (QED) is 0.172. The highest BCUT2D eigenvalue weighted by Crippen LogP contribution is 2.29. The fraction of sp³-hybridized carbons (Fsp3) is 0.194. The van der Waals surface area contributed by atoms with Gasteiger partial charge in [-0.2, -0.15) is 19.8 Å². The number of fused-ring (bicyclic) bond motifs is 1. The largest absolute Gasteiger partial charge is 0.368 e. The van der Waals surface area contributed by atoms with E-state index in [1.165, 1.54) is 17.5 Å². The summed E-state index contributed by atoms with van der Waals surface area (Å²) >= 11 is 2.28. The molecule has 3 heterocycles. The maximum absolute atomic E-state index is 15.0. The molecule has 0 saturated heterocycles. The molecule has 256 valence electrons. The molecule has 3 N–H and O–H groups in total. The smallest absolute Gasteiger partial charge is 0.296 e. The number of aromatic amines is 1. The van der Waals surface area contributed by atoms with Crippen LogP contribution in [-0.4, -0.2) is 69.7 Å². The van der Waals surface area contributed by atoms with E-state index in [0.29, 0.717) is 32.3 Å². The van der Waals surface area contributed by atoms with Crippen molar-refractivity contribution in [2.24, 2.45) is 5.73 Å². The summed E-state index contributed by atoms with van der Waals surface area (Å²) in [5.74, 6) is -2.55. The highest BCUT2D eigenvalue weighted by Gasteiger charge is 2.45. The maximum atomic E-state index is 15.0. The number of hydrogen-bond donors (Lipinski definition) is 2. The Balaban J connectivity index is 1.46. The number of sulfonamides is 1. The Morgan fingerprint density at radius 2 is 1.64 bits per heavy atom. The Labute approximate surface area is 297 Å². The summed E-state index contributed by atoms with van der Waals surface area (Å²) in [7, 11) is -3.33. The molecule has 0 unspecified atom stereocenters. The molecule has 2 atom stereocenters. The fourth-order valence-corrected chi connectivity index (χ4v) is 9.06. The second-order valence-electron chi connectivity index (χ2n) is 12.0. The van der Waals surface area contributed by atoms with Crippen molar-refractivity contribution in [2.45, 2.75) is 43.1 Å². The van der Waals surface area contributed by atoms with E-state index in [4.69, 9.17) is 5.73 Å². The number of likely N-dealkylation sites (N-methyl/N-ethyl adjacent to an activating group) is 1. The Bertz CT molecular complexity index is 2250. The van der Waals surface area contributed by atoms with Crippen molar-refractivity contribution in [2.75, 3.05) is 7.05 Å². The molecule has 14 heteroatoms. The van der Waals surface area contributed by atoms with Gasteiger partial charge in [0.1, 0.15) is 17.6 Å². The van der Waals surface area contributed by atoms with Crippen LogP contribution in [0, 0.1) is 13.8 Å². The van der Waals surface area contributed by atoms with E-state index in [-0.39, 0.29) is 12.8 Å². The first kappa shape index (κ1) is 34.7. The van der Waals surface area contributed by atoms with Gasteiger partial charge in [0, 0.05) is 42.6 Å². The highest BCUT2D eigenvalue weighted by atomic mass is 32.2.